The molecule has 0 aliphatic rings. The van der Waals surface area contributed by atoms with Gasteiger partial charge in [0.2, 0.25) is 0 Å². The Morgan fingerprint density at radius 3 is 1.83 bits per heavy atom. The zero-order valence-corrected chi connectivity index (χ0v) is 13.1. The van der Waals surface area contributed by atoms with Crippen molar-refractivity contribution in [1.82, 2.24) is 4.98 Å². The van der Waals surface area contributed by atoms with Gasteiger partial charge in [-0.1, -0.05) is 60.7 Å². The van der Waals surface area contributed by atoms with Crippen molar-refractivity contribution in [3.63, 3.8) is 0 Å². The zero-order valence-electron chi connectivity index (χ0n) is 12.2. The number of aromatic carboxylic acids is 1. The molecule has 0 fully saturated rings. The molecule has 23 heavy (non-hydrogen) atoms. The molecule has 0 amide bonds. The summed E-state index contributed by atoms with van der Waals surface area (Å²) in [7, 11) is -3.36. The number of hydrogen-bond acceptors (Lipinski definition) is 3. The summed E-state index contributed by atoms with van der Waals surface area (Å²) in [5, 5.41) is 10.6. The third-order valence-corrected chi connectivity index (χ3v) is 6.56. The number of carboxylic acid groups (broad SMARTS) is 1. The van der Waals surface area contributed by atoms with Crippen LogP contribution in [0.4, 0.5) is 0 Å². The van der Waals surface area contributed by atoms with Crippen LogP contribution in [-0.4, -0.2) is 16.1 Å². The van der Waals surface area contributed by atoms with E-state index in [-0.39, 0.29) is 11.0 Å². The molecule has 0 aliphatic heterocycles. The fourth-order valence-corrected chi connectivity index (χ4v) is 5.19. The van der Waals surface area contributed by atoms with Crippen molar-refractivity contribution in [1.29, 1.82) is 0 Å². The molecule has 0 bridgehead atoms. The Morgan fingerprint density at radius 1 is 0.826 bits per heavy atom. The summed E-state index contributed by atoms with van der Waals surface area (Å²) in [6.07, 6.45) is 1.47. The first kappa shape index (κ1) is 15.2. The number of pyridine rings is 1. The maximum absolute atomic E-state index is 14.0. The second-order valence-corrected chi connectivity index (χ2v) is 7.64. The minimum absolute atomic E-state index is 0.0384. The van der Waals surface area contributed by atoms with E-state index < -0.39 is 13.1 Å². The van der Waals surface area contributed by atoms with Gasteiger partial charge in [0.15, 0.2) is 7.14 Å². The topological polar surface area (TPSA) is 67.3 Å². The van der Waals surface area contributed by atoms with Crippen molar-refractivity contribution in [2.24, 2.45) is 0 Å². The van der Waals surface area contributed by atoms with Crippen LogP contribution in [0.3, 0.4) is 0 Å². The molecule has 4 nitrogen and oxygen atoms in total. The second-order valence-electron chi connectivity index (χ2n) is 4.96. The van der Waals surface area contributed by atoms with Gasteiger partial charge in [0.05, 0.1) is 5.56 Å². The number of carbonyl (C=O) groups is 1. The average molecular weight is 323 g/mol. The van der Waals surface area contributed by atoms with E-state index in [1.54, 1.807) is 48.5 Å². The Kier molecular flexibility index (Phi) is 4.09. The summed E-state index contributed by atoms with van der Waals surface area (Å²) in [5.41, 5.74) is 0.0634. The predicted molar refractivity (Wildman–Crippen MR) is 90.6 cm³/mol. The summed E-state index contributed by atoms with van der Waals surface area (Å²) in [4.78, 5) is 15.8. The number of aromatic nitrogens is 1. The molecule has 0 saturated carbocycles. The van der Waals surface area contributed by atoms with Crippen LogP contribution in [0.5, 0.6) is 0 Å². The molecule has 3 rings (SSSR count). The van der Waals surface area contributed by atoms with Gasteiger partial charge >= 0.3 is 5.97 Å². The molecule has 114 valence electrons. The monoisotopic (exact) mass is 323 g/mol. The average Bonchev–Trinajstić information content (AvgIpc) is 2.62. The van der Waals surface area contributed by atoms with Crippen molar-refractivity contribution in [2.45, 2.75) is 0 Å². The fourth-order valence-electron chi connectivity index (χ4n) is 2.48. The fraction of sp³-hybridized carbons (Fsp3) is 0. The van der Waals surface area contributed by atoms with Crippen LogP contribution < -0.4 is 16.0 Å². The zero-order chi connectivity index (χ0) is 16.3. The van der Waals surface area contributed by atoms with Crippen LogP contribution in [-0.2, 0) is 4.57 Å². The van der Waals surface area contributed by atoms with Crippen LogP contribution in [0.25, 0.3) is 0 Å². The molecule has 0 unspecified atom stereocenters. The van der Waals surface area contributed by atoms with Crippen LogP contribution >= 0.6 is 7.14 Å². The van der Waals surface area contributed by atoms with Crippen LogP contribution in [0.2, 0.25) is 0 Å². The summed E-state index contributed by atoms with van der Waals surface area (Å²) < 4.78 is 14.0. The normalized spacial score (nSPS) is 11.1. The lowest BCUT2D eigenvalue weighted by Crippen LogP contribution is -2.30. The van der Waals surface area contributed by atoms with E-state index in [0.29, 0.717) is 10.6 Å². The Balaban J connectivity index is 2.35. The van der Waals surface area contributed by atoms with Gasteiger partial charge in [0, 0.05) is 16.8 Å². The lowest BCUT2D eigenvalue weighted by molar-refractivity contribution is 0.0698. The van der Waals surface area contributed by atoms with Crippen LogP contribution in [0.1, 0.15) is 10.4 Å². The molecule has 1 heterocycles. The lowest BCUT2D eigenvalue weighted by atomic mass is 10.3. The van der Waals surface area contributed by atoms with E-state index in [0.717, 1.165) is 0 Å². The van der Waals surface area contributed by atoms with E-state index in [1.807, 2.05) is 12.1 Å². The maximum Gasteiger partial charge on any atom is 0.338 e. The number of rotatable bonds is 4. The van der Waals surface area contributed by atoms with Gasteiger partial charge in [-0.25, -0.2) is 4.79 Å². The Bertz CT molecular complexity index is 836. The third-order valence-electron chi connectivity index (χ3n) is 3.55. The first-order valence-corrected chi connectivity index (χ1v) is 8.75. The van der Waals surface area contributed by atoms with E-state index >= 15 is 0 Å². The molecular formula is C18H14NO3P. The van der Waals surface area contributed by atoms with Crippen molar-refractivity contribution in [3.05, 3.63) is 84.6 Å². The standard InChI is InChI=1S/C18H14NO3P/c20-18(21)16-12-7-13-19-17(16)23(22,14-8-3-1-4-9-14)15-10-5-2-6-11-15/h1-13H,(H,20,21). The molecule has 5 heteroatoms. The number of carboxylic acids is 1. The quantitative estimate of drug-likeness (QED) is 0.749. The number of hydrogen-bond donors (Lipinski definition) is 1. The van der Waals surface area contributed by atoms with Crippen LogP contribution in [0, 0.1) is 0 Å². The predicted octanol–water partition coefficient (Wildman–Crippen LogP) is 2.42. The first-order valence-electron chi connectivity index (χ1n) is 7.04. The maximum atomic E-state index is 14.0. The molecule has 0 atom stereocenters. The molecule has 1 aromatic heterocycles. The van der Waals surface area contributed by atoms with Gasteiger partial charge in [-0.15, -0.1) is 0 Å². The highest BCUT2D eigenvalue weighted by Crippen LogP contribution is 2.42. The van der Waals surface area contributed by atoms with Gasteiger partial charge in [0.25, 0.3) is 0 Å². The molecule has 3 aromatic rings. The van der Waals surface area contributed by atoms with Gasteiger partial charge in [0.1, 0.15) is 5.44 Å². The summed E-state index contributed by atoms with van der Waals surface area (Å²) in [6, 6.07) is 20.7. The molecule has 2 aromatic carbocycles. The Hall–Kier alpha value is -2.71. The Morgan fingerprint density at radius 2 is 1.35 bits per heavy atom. The highest BCUT2D eigenvalue weighted by Gasteiger charge is 2.34. The SMILES string of the molecule is O=C(O)c1cccnc1P(=O)(c1ccccc1)c1ccccc1. The van der Waals surface area contributed by atoms with Gasteiger partial charge in [-0.3, -0.25) is 4.98 Å². The number of benzene rings is 2. The van der Waals surface area contributed by atoms with Gasteiger partial charge < -0.3 is 9.67 Å². The molecular weight excluding hydrogens is 309 g/mol. The minimum atomic E-state index is -3.36. The van der Waals surface area contributed by atoms with E-state index in [1.165, 1.54) is 18.3 Å². The summed E-state index contributed by atoms with van der Waals surface area (Å²) in [5.74, 6) is -1.14. The van der Waals surface area contributed by atoms with Gasteiger partial charge in [-0.2, -0.15) is 0 Å². The first-order chi connectivity index (χ1) is 11.1. The van der Waals surface area contributed by atoms with Gasteiger partial charge in [-0.05, 0) is 12.1 Å². The highest BCUT2D eigenvalue weighted by molar-refractivity contribution is 7.85. The van der Waals surface area contributed by atoms with Crippen molar-refractivity contribution >= 4 is 29.2 Å². The van der Waals surface area contributed by atoms with Crippen molar-refractivity contribution < 1.29 is 14.5 Å². The van der Waals surface area contributed by atoms with E-state index in [2.05, 4.69) is 4.98 Å². The largest absolute Gasteiger partial charge is 0.478 e. The smallest absolute Gasteiger partial charge is 0.338 e. The van der Waals surface area contributed by atoms with Crippen LogP contribution in [0.15, 0.2) is 79.0 Å². The molecule has 0 saturated heterocycles. The highest BCUT2D eigenvalue weighted by atomic mass is 31.2. The van der Waals surface area contributed by atoms with Crippen molar-refractivity contribution in [2.75, 3.05) is 0 Å². The number of nitrogens with zero attached hydrogens (tertiary/aromatic N) is 1. The minimum Gasteiger partial charge on any atom is -0.478 e. The van der Waals surface area contributed by atoms with E-state index in [4.69, 9.17) is 0 Å². The third kappa shape index (κ3) is 2.69. The lowest BCUT2D eigenvalue weighted by Gasteiger charge is -2.20. The molecule has 0 spiro atoms. The summed E-state index contributed by atoms with van der Waals surface area (Å²) in [6.45, 7) is 0. The summed E-state index contributed by atoms with van der Waals surface area (Å²) >= 11 is 0. The Labute approximate surface area is 133 Å². The molecule has 1 N–H and O–H groups in total. The van der Waals surface area contributed by atoms with Crippen molar-refractivity contribution in [3.8, 4) is 0 Å². The second kappa shape index (κ2) is 6.19. The molecule has 0 aliphatic carbocycles. The van der Waals surface area contributed by atoms with E-state index in [9.17, 15) is 14.5 Å². The molecule has 0 radical (unpaired) electrons.